The number of ether oxygens (including phenoxy) is 1. The summed E-state index contributed by atoms with van der Waals surface area (Å²) >= 11 is 1.47. The van der Waals surface area contributed by atoms with Gasteiger partial charge in [0.25, 0.3) is 0 Å². The largest absolute Gasteiger partial charge is 0.462 e. The van der Waals surface area contributed by atoms with E-state index in [1.54, 1.807) is 6.92 Å². The first-order valence-electron chi connectivity index (χ1n) is 7.45. The summed E-state index contributed by atoms with van der Waals surface area (Å²) in [5.41, 5.74) is 0.602. The van der Waals surface area contributed by atoms with E-state index >= 15 is 0 Å². The fourth-order valence-electron chi connectivity index (χ4n) is 1.78. The summed E-state index contributed by atoms with van der Waals surface area (Å²) in [6.45, 7) is 9.10. The van der Waals surface area contributed by atoms with E-state index in [4.69, 9.17) is 4.74 Å². The Labute approximate surface area is 139 Å². The second-order valence-corrected chi connectivity index (χ2v) is 6.33. The average molecular weight is 338 g/mol. The van der Waals surface area contributed by atoms with Crippen molar-refractivity contribution in [2.24, 2.45) is 0 Å². The Hall–Kier alpha value is -1.89. The van der Waals surface area contributed by atoms with Crippen LogP contribution in [0.2, 0.25) is 0 Å². The lowest BCUT2D eigenvalue weighted by Crippen LogP contribution is -2.29. The van der Waals surface area contributed by atoms with Crippen molar-refractivity contribution in [3.63, 3.8) is 0 Å². The molecule has 1 aromatic heterocycles. The zero-order valence-corrected chi connectivity index (χ0v) is 14.6. The van der Waals surface area contributed by atoms with Crippen molar-refractivity contribution in [3.05, 3.63) is 34.4 Å². The second-order valence-electron chi connectivity index (χ2n) is 5.08. The molecule has 23 heavy (non-hydrogen) atoms. The fraction of sp³-hybridized carbons (Fsp3) is 0.500. The van der Waals surface area contributed by atoms with Crippen molar-refractivity contribution in [2.45, 2.75) is 45.1 Å². The molecule has 0 aliphatic rings. The molecule has 1 aromatic rings. The van der Waals surface area contributed by atoms with Gasteiger partial charge >= 0.3 is 11.7 Å². The zero-order valence-electron chi connectivity index (χ0n) is 13.8. The molecule has 7 heteroatoms. The van der Waals surface area contributed by atoms with Crippen molar-refractivity contribution in [1.29, 1.82) is 0 Å². The molecule has 0 saturated carbocycles. The number of nitrogens with zero attached hydrogens (tertiary/aromatic N) is 2. The summed E-state index contributed by atoms with van der Waals surface area (Å²) in [6.07, 6.45) is 2.82. The Morgan fingerprint density at radius 2 is 2.09 bits per heavy atom. The maximum Gasteiger partial charge on any atom is 0.355 e. The number of unbranched alkanes of at least 4 members (excludes halogenated alkanes) is 1. The molecule has 0 atom stereocenters. The number of carbonyl (C=O) groups is 2. The molecule has 0 saturated heterocycles. The van der Waals surface area contributed by atoms with Crippen molar-refractivity contribution in [3.8, 4) is 0 Å². The molecular formula is C16H22N2O4S. The molecule has 0 fully saturated rings. The molecule has 0 radical (unpaired) electrons. The van der Waals surface area contributed by atoms with E-state index in [1.807, 2.05) is 13.8 Å². The van der Waals surface area contributed by atoms with E-state index in [2.05, 4.69) is 11.6 Å². The lowest BCUT2D eigenvalue weighted by molar-refractivity contribution is -0.139. The Morgan fingerprint density at radius 1 is 1.39 bits per heavy atom. The van der Waals surface area contributed by atoms with Gasteiger partial charge in [0.15, 0.2) is 0 Å². The van der Waals surface area contributed by atoms with Gasteiger partial charge < -0.3 is 4.74 Å². The topological polar surface area (TPSA) is 78.3 Å². The highest BCUT2D eigenvalue weighted by Gasteiger charge is 2.11. The average Bonchev–Trinajstić information content (AvgIpc) is 2.49. The molecule has 6 nitrogen and oxygen atoms in total. The van der Waals surface area contributed by atoms with E-state index in [1.165, 1.54) is 18.0 Å². The summed E-state index contributed by atoms with van der Waals surface area (Å²) in [5, 5.41) is 0.660. The standard InChI is InChI=1S/C16H22N2O4S/c1-5-23-14-12(4)10-18(16(21)17-14)13(19)8-6-7-9-22-15(20)11(2)3/h10H,2,5-9H2,1,3-4H3. The first-order valence-corrected chi connectivity index (χ1v) is 8.44. The third kappa shape index (κ3) is 6.02. The van der Waals surface area contributed by atoms with Crippen LogP contribution in [-0.4, -0.2) is 33.8 Å². The van der Waals surface area contributed by atoms with Crippen LogP contribution in [0.4, 0.5) is 0 Å². The normalized spacial score (nSPS) is 10.4. The van der Waals surface area contributed by atoms with Crippen LogP contribution in [0.3, 0.4) is 0 Å². The van der Waals surface area contributed by atoms with Crippen molar-refractivity contribution in [2.75, 3.05) is 12.4 Å². The van der Waals surface area contributed by atoms with Gasteiger partial charge in [-0.1, -0.05) is 13.5 Å². The van der Waals surface area contributed by atoms with Gasteiger partial charge in [-0.2, -0.15) is 4.98 Å². The van der Waals surface area contributed by atoms with Gasteiger partial charge in [0.2, 0.25) is 5.91 Å². The summed E-state index contributed by atoms with van der Waals surface area (Å²) < 4.78 is 5.99. The molecule has 1 rings (SSSR count). The predicted molar refractivity (Wildman–Crippen MR) is 89.9 cm³/mol. The molecule has 0 N–H and O–H groups in total. The van der Waals surface area contributed by atoms with Crippen LogP contribution in [0.25, 0.3) is 0 Å². The Morgan fingerprint density at radius 3 is 2.70 bits per heavy atom. The molecule has 0 aliphatic carbocycles. The fourth-order valence-corrected chi connectivity index (χ4v) is 2.48. The lowest BCUT2D eigenvalue weighted by Gasteiger charge is -2.08. The number of hydrogen-bond donors (Lipinski definition) is 0. The van der Waals surface area contributed by atoms with Crippen LogP contribution in [0.5, 0.6) is 0 Å². The highest BCUT2D eigenvalue weighted by molar-refractivity contribution is 7.99. The molecular weight excluding hydrogens is 316 g/mol. The highest BCUT2D eigenvalue weighted by Crippen LogP contribution is 2.17. The minimum atomic E-state index is -0.551. The number of hydrogen-bond acceptors (Lipinski definition) is 6. The van der Waals surface area contributed by atoms with E-state index in [-0.39, 0.29) is 18.9 Å². The van der Waals surface area contributed by atoms with E-state index < -0.39 is 11.7 Å². The van der Waals surface area contributed by atoms with Gasteiger partial charge in [-0.25, -0.2) is 14.2 Å². The second kappa shape index (κ2) is 9.29. The minimum Gasteiger partial charge on any atom is -0.462 e. The van der Waals surface area contributed by atoms with Crippen molar-refractivity contribution in [1.82, 2.24) is 9.55 Å². The van der Waals surface area contributed by atoms with Crippen LogP contribution in [-0.2, 0) is 9.53 Å². The zero-order chi connectivity index (χ0) is 17.4. The minimum absolute atomic E-state index is 0.200. The third-order valence-electron chi connectivity index (χ3n) is 2.98. The maximum atomic E-state index is 12.1. The predicted octanol–water partition coefficient (Wildman–Crippen LogP) is 2.59. The van der Waals surface area contributed by atoms with Gasteiger partial charge in [-0.15, -0.1) is 11.8 Å². The van der Waals surface area contributed by atoms with Crippen molar-refractivity contribution < 1.29 is 14.3 Å². The molecule has 1 heterocycles. The highest BCUT2D eigenvalue weighted by atomic mass is 32.2. The number of esters is 1. The monoisotopic (exact) mass is 338 g/mol. The molecule has 0 aromatic carbocycles. The Bertz CT molecular complexity index is 652. The van der Waals surface area contributed by atoms with Gasteiger partial charge in [0.1, 0.15) is 5.03 Å². The van der Waals surface area contributed by atoms with Crippen LogP contribution in [0, 0.1) is 6.92 Å². The summed E-state index contributed by atoms with van der Waals surface area (Å²) in [7, 11) is 0. The Balaban J connectivity index is 2.52. The lowest BCUT2D eigenvalue weighted by atomic mass is 10.2. The number of carbonyl (C=O) groups excluding carboxylic acids is 2. The molecule has 126 valence electrons. The SMILES string of the molecule is C=C(C)C(=O)OCCCCC(=O)n1cc(C)c(SCC)nc1=O. The number of aromatic nitrogens is 2. The maximum absolute atomic E-state index is 12.1. The molecule has 0 aliphatic heterocycles. The summed E-state index contributed by atoms with van der Waals surface area (Å²) in [4.78, 5) is 39.1. The van der Waals surface area contributed by atoms with Gasteiger partial charge in [-0.3, -0.25) is 4.79 Å². The van der Waals surface area contributed by atoms with Crippen LogP contribution in [0.15, 0.2) is 28.2 Å². The summed E-state index contributed by atoms with van der Waals surface area (Å²) in [5.74, 6) is 0.0787. The molecule has 0 spiro atoms. The molecule has 0 bridgehead atoms. The van der Waals surface area contributed by atoms with E-state index in [0.29, 0.717) is 23.4 Å². The first kappa shape index (κ1) is 19.2. The van der Waals surface area contributed by atoms with Crippen LogP contribution < -0.4 is 5.69 Å². The van der Waals surface area contributed by atoms with Gasteiger partial charge in [-0.05, 0) is 38.0 Å². The number of aryl methyl sites for hydroxylation is 1. The van der Waals surface area contributed by atoms with E-state index in [9.17, 15) is 14.4 Å². The van der Waals surface area contributed by atoms with Gasteiger partial charge in [0, 0.05) is 18.2 Å². The van der Waals surface area contributed by atoms with Gasteiger partial charge in [0.05, 0.1) is 6.61 Å². The Kier molecular flexibility index (Phi) is 7.74. The van der Waals surface area contributed by atoms with Crippen LogP contribution >= 0.6 is 11.8 Å². The molecule has 0 unspecified atom stereocenters. The number of thioether (sulfide) groups is 1. The third-order valence-corrected chi connectivity index (χ3v) is 3.96. The van der Waals surface area contributed by atoms with E-state index in [0.717, 1.165) is 15.9 Å². The summed E-state index contributed by atoms with van der Waals surface area (Å²) in [6, 6.07) is 0. The quantitative estimate of drug-likeness (QED) is 0.238. The van der Waals surface area contributed by atoms with Crippen molar-refractivity contribution >= 4 is 23.6 Å². The smallest absolute Gasteiger partial charge is 0.355 e. The number of rotatable bonds is 8. The van der Waals surface area contributed by atoms with Crippen LogP contribution in [0.1, 0.15) is 43.5 Å². The first-order chi connectivity index (χ1) is 10.9. The molecule has 0 amide bonds.